The molecule has 1 aromatic heterocycles. The van der Waals surface area contributed by atoms with Gasteiger partial charge in [0.15, 0.2) is 16.6 Å². The van der Waals surface area contributed by atoms with Crippen LogP contribution in [0.2, 0.25) is 5.02 Å². The number of ether oxygens (including phenoxy) is 2. The quantitative estimate of drug-likeness (QED) is 0.385. The van der Waals surface area contributed by atoms with Crippen molar-refractivity contribution in [2.45, 2.75) is 6.54 Å². The maximum atomic E-state index is 12.1. The summed E-state index contributed by atoms with van der Waals surface area (Å²) in [6.45, 7) is -0.156. The van der Waals surface area contributed by atoms with Crippen LogP contribution in [-0.2, 0) is 11.3 Å². The van der Waals surface area contributed by atoms with Crippen molar-refractivity contribution in [3.63, 3.8) is 0 Å². The van der Waals surface area contributed by atoms with E-state index in [4.69, 9.17) is 33.3 Å². The summed E-state index contributed by atoms with van der Waals surface area (Å²) in [6, 6.07) is 12.2. The molecule has 156 valence electrons. The Hall–Kier alpha value is -3.44. The Morgan fingerprint density at radius 1 is 1.10 bits per heavy atom. The third-order valence-corrected chi connectivity index (χ3v) is 4.25. The third-order valence-electron chi connectivity index (χ3n) is 3.80. The number of rotatable bonds is 6. The molecule has 0 aliphatic heterocycles. The smallest absolute Gasteiger partial charge is 0.262 e. The van der Waals surface area contributed by atoms with Gasteiger partial charge in [-0.05, 0) is 59.9 Å². The molecule has 3 N–H and O–H groups in total. The van der Waals surface area contributed by atoms with Crippen molar-refractivity contribution in [3.05, 3.63) is 47.5 Å². The number of hydrazine groups is 1. The van der Waals surface area contributed by atoms with E-state index in [1.54, 1.807) is 49.6 Å². The van der Waals surface area contributed by atoms with Gasteiger partial charge in [-0.25, -0.2) is 0 Å². The molecule has 0 bridgehead atoms. The summed E-state index contributed by atoms with van der Waals surface area (Å²) < 4.78 is 10.5. The molecule has 0 unspecified atom stereocenters. The van der Waals surface area contributed by atoms with Crippen LogP contribution < -0.4 is 25.6 Å². The molecule has 10 nitrogen and oxygen atoms in total. The number of thiocarbonyl (C=S) groups is 1. The van der Waals surface area contributed by atoms with Gasteiger partial charge >= 0.3 is 0 Å². The van der Waals surface area contributed by atoms with Gasteiger partial charge in [0.1, 0.15) is 6.54 Å². The van der Waals surface area contributed by atoms with Crippen molar-refractivity contribution in [1.82, 2.24) is 31.1 Å². The summed E-state index contributed by atoms with van der Waals surface area (Å²) in [6.07, 6.45) is 0. The fourth-order valence-corrected chi connectivity index (χ4v) is 2.69. The van der Waals surface area contributed by atoms with Crippen LogP contribution in [-0.4, -0.2) is 45.4 Å². The lowest BCUT2D eigenvalue weighted by Crippen LogP contribution is -2.45. The number of carbonyl (C=O) groups is 1. The van der Waals surface area contributed by atoms with E-state index in [-0.39, 0.29) is 11.7 Å². The number of aromatic nitrogens is 4. The molecule has 0 radical (unpaired) electrons. The van der Waals surface area contributed by atoms with Gasteiger partial charge in [0.25, 0.3) is 5.91 Å². The van der Waals surface area contributed by atoms with E-state index in [9.17, 15) is 4.79 Å². The molecule has 0 fully saturated rings. The topological polar surface area (TPSA) is 115 Å². The van der Waals surface area contributed by atoms with Crippen LogP contribution in [0.25, 0.3) is 11.4 Å². The van der Waals surface area contributed by atoms with E-state index in [1.165, 1.54) is 11.9 Å². The second-order valence-electron chi connectivity index (χ2n) is 5.85. The Kier molecular flexibility index (Phi) is 6.99. The molecule has 0 saturated heterocycles. The number of hydrogen-bond donors (Lipinski definition) is 3. The first-order chi connectivity index (χ1) is 14.5. The second kappa shape index (κ2) is 9.85. The van der Waals surface area contributed by atoms with Crippen LogP contribution in [0, 0.1) is 0 Å². The highest BCUT2D eigenvalue weighted by Crippen LogP contribution is 2.30. The maximum Gasteiger partial charge on any atom is 0.262 e. The van der Waals surface area contributed by atoms with Crippen LogP contribution in [0.3, 0.4) is 0 Å². The normalized spacial score (nSPS) is 10.2. The fourth-order valence-electron chi connectivity index (χ4n) is 2.39. The zero-order chi connectivity index (χ0) is 21.5. The minimum absolute atomic E-state index is 0.156. The minimum Gasteiger partial charge on any atom is -0.493 e. The first-order valence-corrected chi connectivity index (χ1v) is 9.38. The molecule has 2 aromatic carbocycles. The number of methoxy groups -OCH3 is 2. The molecule has 0 atom stereocenters. The summed E-state index contributed by atoms with van der Waals surface area (Å²) in [7, 11) is 3.09. The molecule has 1 amide bonds. The third kappa shape index (κ3) is 5.55. The van der Waals surface area contributed by atoms with Gasteiger partial charge in [-0.15, -0.1) is 10.2 Å². The van der Waals surface area contributed by atoms with E-state index in [2.05, 4.69) is 31.6 Å². The predicted octanol–water partition coefficient (Wildman–Crippen LogP) is 2.03. The van der Waals surface area contributed by atoms with Crippen LogP contribution >= 0.6 is 23.8 Å². The van der Waals surface area contributed by atoms with Crippen LogP contribution in [0.5, 0.6) is 11.5 Å². The largest absolute Gasteiger partial charge is 0.493 e. The van der Waals surface area contributed by atoms with Gasteiger partial charge in [-0.1, -0.05) is 11.6 Å². The van der Waals surface area contributed by atoms with E-state index in [1.807, 2.05) is 0 Å². The van der Waals surface area contributed by atoms with E-state index in [0.29, 0.717) is 27.9 Å². The second-order valence-corrected chi connectivity index (χ2v) is 6.69. The number of halogens is 1. The number of anilines is 1. The van der Waals surface area contributed by atoms with E-state index >= 15 is 0 Å². The van der Waals surface area contributed by atoms with Gasteiger partial charge in [0.05, 0.1) is 14.2 Å². The average molecular weight is 448 g/mol. The van der Waals surface area contributed by atoms with Gasteiger partial charge in [-0.3, -0.25) is 15.6 Å². The molecule has 30 heavy (non-hydrogen) atoms. The number of amides is 1. The van der Waals surface area contributed by atoms with Crippen molar-refractivity contribution < 1.29 is 14.3 Å². The SMILES string of the molecule is COc1ccc(-c2nnn(CC(=O)NNC(=S)Nc3ccc(Cl)cc3)n2)cc1OC. The summed E-state index contributed by atoms with van der Waals surface area (Å²) in [5, 5.41) is 15.8. The van der Waals surface area contributed by atoms with Crippen LogP contribution in [0.15, 0.2) is 42.5 Å². The Morgan fingerprint density at radius 3 is 2.53 bits per heavy atom. The monoisotopic (exact) mass is 447 g/mol. The number of nitrogens with zero attached hydrogens (tertiary/aromatic N) is 4. The highest BCUT2D eigenvalue weighted by atomic mass is 35.5. The molecule has 3 rings (SSSR count). The lowest BCUT2D eigenvalue weighted by atomic mass is 10.2. The first-order valence-electron chi connectivity index (χ1n) is 8.60. The number of benzene rings is 2. The molecule has 1 heterocycles. The highest BCUT2D eigenvalue weighted by Gasteiger charge is 2.12. The molecule has 12 heteroatoms. The van der Waals surface area contributed by atoms with Gasteiger partial charge in [-0.2, -0.15) is 4.80 Å². The molecule has 0 spiro atoms. The van der Waals surface area contributed by atoms with Crippen LogP contribution in [0.1, 0.15) is 0 Å². The summed E-state index contributed by atoms with van der Waals surface area (Å²) >= 11 is 11.0. The zero-order valence-corrected chi connectivity index (χ0v) is 17.6. The van der Waals surface area contributed by atoms with Crippen molar-refractivity contribution in [1.29, 1.82) is 0 Å². The Labute approximate surface area is 182 Å². The number of carbonyl (C=O) groups excluding carboxylic acids is 1. The van der Waals surface area contributed by atoms with Crippen LogP contribution in [0.4, 0.5) is 5.69 Å². The van der Waals surface area contributed by atoms with E-state index in [0.717, 1.165) is 5.69 Å². The maximum absolute atomic E-state index is 12.1. The fraction of sp³-hybridized carbons (Fsp3) is 0.167. The first kappa shape index (κ1) is 21.3. The Balaban J connectivity index is 1.53. The van der Waals surface area contributed by atoms with Gasteiger partial charge in [0.2, 0.25) is 5.82 Å². The predicted molar refractivity (Wildman–Crippen MR) is 115 cm³/mol. The lowest BCUT2D eigenvalue weighted by molar-refractivity contribution is -0.122. The minimum atomic E-state index is -0.411. The molecular weight excluding hydrogens is 430 g/mol. The summed E-state index contributed by atoms with van der Waals surface area (Å²) in [5.41, 5.74) is 6.46. The van der Waals surface area contributed by atoms with Crippen molar-refractivity contribution in [2.75, 3.05) is 19.5 Å². The van der Waals surface area contributed by atoms with Crippen molar-refractivity contribution in [2.24, 2.45) is 0 Å². The molecular formula is C18H18ClN7O3S. The number of tetrazole rings is 1. The molecule has 0 saturated carbocycles. The zero-order valence-electron chi connectivity index (χ0n) is 16.0. The summed E-state index contributed by atoms with van der Waals surface area (Å²) in [4.78, 5) is 13.3. The van der Waals surface area contributed by atoms with E-state index < -0.39 is 5.91 Å². The highest BCUT2D eigenvalue weighted by molar-refractivity contribution is 7.80. The Morgan fingerprint density at radius 2 is 1.83 bits per heavy atom. The number of hydrogen-bond acceptors (Lipinski definition) is 7. The van der Waals surface area contributed by atoms with Crippen molar-refractivity contribution >= 4 is 40.5 Å². The van der Waals surface area contributed by atoms with Crippen molar-refractivity contribution in [3.8, 4) is 22.9 Å². The molecule has 3 aromatic rings. The standard InChI is InChI=1S/C18H18ClN7O3S/c1-28-14-8-3-11(9-15(14)29-2)17-22-25-26(24-17)10-16(27)21-23-18(30)20-13-6-4-12(19)5-7-13/h3-9H,10H2,1-2H3,(H,21,27)(H2,20,23,30). The lowest BCUT2D eigenvalue weighted by Gasteiger charge is -2.11. The Bertz CT molecular complexity index is 1040. The van der Waals surface area contributed by atoms with Gasteiger partial charge < -0.3 is 14.8 Å². The summed E-state index contributed by atoms with van der Waals surface area (Å²) in [5.74, 6) is 1.06. The average Bonchev–Trinajstić information content (AvgIpc) is 3.21. The molecule has 0 aliphatic rings. The molecule has 0 aliphatic carbocycles. The number of nitrogens with one attached hydrogen (secondary N) is 3. The van der Waals surface area contributed by atoms with Gasteiger partial charge in [0, 0.05) is 16.3 Å².